The summed E-state index contributed by atoms with van der Waals surface area (Å²) >= 11 is 11.5. The number of nitro groups is 1. The molecule has 0 spiro atoms. The van der Waals surface area contributed by atoms with Crippen molar-refractivity contribution in [2.45, 2.75) is 0 Å². The lowest BCUT2D eigenvalue weighted by Gasteiger charge is -2.05. The summed E-state index contributed by atoms with van der Waals surface area (Å²) in [5.41, 5.74) is 5.42. The molecule has 0 bridgehead atoms. The summed E-state index contributed by atoms with van der Waals surface area (Å²) in [4.78, 5) is 30.2. The number of halogens is 2. The standard InChI is InChI=1S/C14H10Cl2N4O5/c15-8-5-11(13(16)18-6-8)14(21)25-19-12(17)7-24-10-3-1-9(2-4-10)20(22)23/h1-6H,7H2,(H2,17,19). The number of nitrogens with zero attached hydrogens (tertiary/aromatic N) is 3. The molecule has 0 fully saturated rings. The van der Waals surface area contributed by atoms with E-state index in [1.165, 1.54) is 36.5 Å². The Balaban J connectivity index is 1.92. The maximum atomic E-state index is 11.8. The number of pyridine rings is 1. The highest BCUT2D eigenvalue weighted by Gasteiger charge is 2.14. The number of hydrogen-bond donors (Lipinski definition) is 1. The summed E-state index contributed by atoms with van der Waals surface area (Å²) in [6, 6.07) is 6.62. The Morgan fingerprint density at radius 2 is 2.00 bits per heavy atom. The van der Waals surface area contributed by atoms with Crippen LogP contribution in [-0.4, -0.2) is 28.3 Å². The van der Waals surface area contributed by atoms with E-state index in [2.05, 4.69) is 15.0 Å². The van der Waals surface area contributed by atoms with Crippen molar-refractivity contribution in [3.05, 3.63) is 62.4 Å². The molecular formula is C14H10Cl2N4O5. The normalized spacial score (nSPS) is 11.0. The third-order valence-electron chi connectivity index (χ3n) is 2.71. The molecule has 0 radical (unpaired) electrons. The molecule has 2 N–H and O–H groups in total. The monoisotopic (exact) mass is 384 g/mol. The van der Waals surface area contributed by atoms with E-state index in [0.717, 1.165) is 0 Å². The quantitative estimate of drug-likeness (QED) is 0.202. The molecule has 130 valence electrons. The highest BCUT2D eigenvalue weighted by Crippen LogP contribution is 2.19. The van der Waals surface area contributed by atoms with Crippen LogP contribution in [0.4, 0.5) is 5.69 Å². The predicted molar refractivity (Wildman–Crippen MR) is 89.9 cm³/mol. The number of nitro benzene ring substituents is 1. The number of carbonyl (C=O) groups is 1. The van der Waals surface area contributed by atoms with Gasteiger partial charge in [-0.25, -0.2) is 9.78 Å². The third-order valence-corrected chi connectivity index (χ3v) is 3.21. The number of oxime groups is 1. The molecule has 0 atom stereocenters. The largest absolute Gasteiger partial charge is 0.486 e. The first-order valence-corrected chi connectivity index (χ1v) is 7.34. The van der Waals surface area contributed by atoms with Gasteiger partial charge in [0.25, 0.3) is 5.69 Å². The van der Waals surface area contributed by atoms with Crippen LogP contribution in [0.1, 0.15) is 10.4 Å². The van der Waals surface area contributed by atoms with E-state index < -0.39 is 10.9 Å². The molecule has 1 aromatic carbocycles. The molecule has 11 heteroatoms. The van der Waals surface area contributed by atoms with Gasteiger partial charge >= 0.3 is 5.97 Å². The lowest BCUT2D eigenvalue weighted by atomic mass is 10.3. The molecule has 0 saturated carbocycles. The number of nitrogens with two attached hydrogens (primary N) is 1. The summed E-state index contributed by atoms with van der Waals surface area (Å²) in [6.07, 6.45) is 1.27. The zero-order valence-electron chi connectivity index (χ0n) is 12.4. The first-order valence-electron chi connectivity index (χ1n) is 6.59. The van der Waals surface area contributed by atoms with Crippen molar-refractivity contribution < 1.29 is 19.3 Å². The number of hydrogen-bond acceptors (Lipinski definition) is 7. The number of amidine groups is 1. The summed E-state index contributed by atoms with van der Waals surface area (Å²) in [5, 5.41) is 14.1. The number of rotatable bonds is 6. The molecular weight excluding hydrogens is 375 g/mol. The molecule has 0 unspecified atom stereocenters. The number of aromatic nitrogens is 1. The fourth-order valence-electron chi connectivity index (χ4n) is 1.56. The fourth-order valence-corrected chi connectivity index (χ4v) is 1.90. The number of benzene rings is 1. The second kappa shape index (κ2) is 8.27. The minimum atomic E-state index is -0.890. The second-order valence-corrected chi connectivity index (χ2v) is 5.29. The van der Waals surface area contributed by atoms with Crippen molar-refractivity contribution in [2.24, 2.45) is 10.9 Å². The summed E-state index contributed by atoms with van der Waals surface area (Å²) in [5.74, 6) is -0.701. The minimum Gasteiger partial charge on any atom is -0.486 e. The molecule has 0 aliphatic heterocycles. The Labute approximate surface area is 151 Å². The van der Waals surface area contributed by atoms with E-state index in [0.29, 0.717) is 5.75 Å². The molecule has 0 aliphatic rings. The molecule has 25 heavy (non-hydrogen) atoms. The average Bonchev–Trinajstić information content (AvgIpc) is 2.60. The van der Waals surface area contributed by atoms with Crippen molar-refractivity contribution in [1.82, 2.24) is 4.98 Å². The first kappa shape index (κ1) is 18.4. The second-order valence-electron chi connectivity index (χ2n) is 4.49. The first-order chi connectivity index (χ1) is 11.9. The lowest BCUT2D eigenvalue weighted by molar-refractivity contribution is -0.384. The van der Waals surface area contributed by atoms with Crippen molar-refractivity contribution in [1.29, 1.82) is 0 Å². The Morgan fingerprint density at radius 3 is 2.64 bits per heavy atom. The van der Waals surface area contributed by atoms with E-state index >= 15 is 0 Å². The van der Waals surface area contributed by atoms with Gasteiger partial charge in [-0.1, -0.05) is 28.4 Å². The topological polar surface area (TPSA) is 130 Å². The van der Waals surface area contributed by atoms with Crippen LogP contribution < -0.4 is 10.5 Å². The molecule has 0 saturated heterocycles. The summed E-state index contributed by atoms with van der Waals surface area (Å²) in [6.45, 7) is -0.202. The summed E-state index contributed by atoms with van der Waals surface area (Å²) < 4.78 is 5.25. The highest BCUT2D eigenvalue weighted by atomic mass is 35.5. The van der Waals surface area contributed by atoms with Crippen LogP contribution in [-0.2, 0) is 4.84 Å². The van der Waals surface area contributed by atoms with Crippen LogP contribution in [0.2, 0.25) is 10.2 Å². The van der Waals surface area contributed by atoms with E-state index in [1.54, 1.807) is 0 Å². The van der Waals surface area contributed by atoms with Gasteiger partial charge in [0.2, 0.25) is 0 Å². The van der Waals surface area contributed by atoms with Gasteiger partial charge in [-0.3, -0.25) is 10.1 Å². The van der Waals surface area contributed by atoms with Gasteiger partial charge in [-0.15, -0.1) is 0 Å². The fraction of sp³-hybridized carbons (Fsp3) is 0.0714. The molecule has 1 aromatic heterocycles. The lowest BCUT2D eigenvalue weighted by Crippen LogP contribution is -2.22. The van der Waals surface area contributed by atoms with E-state index in [1.807, 2.05) is 0 Å². The van der Waals surface area contributed by atoms with Crippen molar-refractivity contribution in [3.63, 3.8) is 0 Å². The molecule has 2 aromatic rings. The minimum absolute atomic E-state index is 0.0676. The Hall–Kier alpha value is -2.91. The van der Waals surface area contributed by atoms with Crippen LogP contribution in [0.15, 0.2) is 41.7 Å². The number of ether oxygens (including phenoxy) is 1. The zero-order valence-corrected chi connectivity index (χ0v) is 13.9. The van der Waals surface area contributed by atoms with Gasteiger partial charge in [0.1, 0.15) is 23.1 Å². The maximum absolute atomic E-state index is 11.8. The summed E-state index contributed by atoms with van der Waals surface area (Å²) in [7, 11) is 0. The predicted octanol–water partition coefficient (Wildman–Crippen LogP) is 2.80. The SMILES string of the molecule is N/C(COc1ccc([N+](=O)[O-])cc1)=N\OC(=O)c1cc(Cl)cnc1Cl. The van der Waals surface area contributed by atoms with E-state index in [-0.39, 0.29) is 33.9 Å². The van der Waals surface area contributed by atoms with Crippen LogP contribution in [0.3, 0.4) is 0 Å². The number of carbonyl (C=O) groups excluding carboxylic acids is 1. The Kier molecular flexibility index (Phi) is 6.09. The molecule has 0 amide bonds. The van der Waals surface area contributed by atoms with Crippen LogP contribution in [0.5, 0.6) is 5.75 Å². The van der Waals surface area contributed by atoms with Gasteiger partial charge < -0.3 is 15.3 Å². The Bertz CT molecular complexity index is 826. The van der Waals surface area contributed by atoms with Crippen molar-refractivity contribution in [2.75, 3.05) is 6.61 Å². The molecule has 0 aliphatic carbocycles. The van der Waals surface area contributed by atoms with Crippen LogP contribution >= 0.6 is 23.2 Å². The smallest absolute Gasteiger partial charge is 0.368 e. The average molecular weight is 385 g/mol. The van der Waals surface area contributed by atoms with Gasteiger partial charge in [-0.05, 0) is 18.2 Å². The Morgan fingerprint density at radius 1 is 1.32 bits per heavy atom. The van der Waals surface area contributed by atoms with Crippen LogP contribution in [0.25, 0.3) is 0 Å². The molecule has 2 rings (SSSR count). The third kappa shape index (κ3) is 5.30. The molecule has 1 heterocycles. The number of non-ortho nitro benzene ring substituents is 1. The van der Waals surface area contributed by atoms with Gasteiger partial charge in [-0.2, -0.15) is 0 Å². The van der Waals surface area contributed by atoms with Crippen LogP contribution in [0, 0.1) is 10.1 Å². The zero-order chi connectivity index (χ0) is 18.4. The van der Waals surface area contributed by atoms with Gasteiger partial charge in [0, 0.05) is 18.3 Å². The van der Waals surface area contributed by atoms with Crippen molar-refractivity contribution >= 4 is 40.7 Å². The van der Waals surface area contributed by atoms with Gasteiger partial charge in [0.05, 0.1) is 9.95 Å². The maximum Gasteiger partial charge on any atom is 0.368 e. The van der Waals surface area contributed by atoms with Gasteiger partial charge in [0.15, 0.2) is 5.84 Å². The van der Waals surface area contributed by atoms with E-state index in [9.17, 15) is 14.9 Å². The van der Waals surface area contributed by atoms with E-state index in [4.69, 9.17) is 33.7 Å². The molecule has 9 nitrogen and oxygen atoms in total. The van der Waals surface area contributed by atoms with Crippen molar-refractivity contribution in [3.8, 4) is 5.75 Å². The highest BCUT2D eigenvalue weighted by molar-refractivity contribution is 6.34.